The molecule has 8 heteroatoms. The zero-order valence-corrected chi connectivity index (χ0v) is 17.8. The number of anilines is 1. The van der Waals surface area contributed by atoms with Crippen molar-refractivity contribution in [3.63, 3.8) is 0 Å². The fourth-order valence-electron chi connectivity index (χ4n) is 3.28. The molecule has 1 fully saturated rings. The lowest BCUT2D eigenvalue weighted by Crippen LogP contribution is -2.48. The van der Waals surface area contributed by atoms with Gasteiger partial charge in [-0.25, -0.2) is 4.98 Å². The third kappa shape index (κ3) is 5.35. The molecule has 4 rings (SSSR count). The van der Waals surface area contributed by atoms with Crippen LogP contribution in [-0.2, 0) is 6.61 Å². The number of pyridine rings is 1. The van der Waals surface area contributed by atoms with E-state index in [1.165, 1.54) is 16.2 Å². The van der Waals surface area contributed by atoms with Gasteiger partial charge in [-0.3, -0.25) is 9.69 Å². The van der Waals surface area contributed by atoms with Crippen LogP contribution in [0.1, 0.15) is 14.5 Å². The lowest BCUT2D eigenvalue weighted by atomic mass is 10.3. The lowest BCUT2D eigenvalue weighted by molar-refractivity contribution is 0.0952. The molecule has 1 amide bonds. The third-order valence-electron chi connectivity index (χ3n) is 4.83. The summed E-state index contributed by atoms with van der Waals surface area (Å²) in [6.45, 7) is 5.76. The van der Waals surface area contributed by atoms with Gasteiger partial charge in [0.2, 0.25) is 0 Å². The molecule has 0 saturated carbocycles. The maximum absolute atomic E-state index is 12.0. The molecule has 0 atom stereocenters. The van der Waals surface area contributed by atoms with Gasteiger partial charge in [-0.05, 0) is 35.0 Å². The lowest BCUT2D eigenvalue weighted by Gasteiger charge is -2.35. The number of aromatic nitrogens is 1. The summed E-state index contributed by atoms with van der Waals surface area (Å²) < 4.78 is 6.03. The van der Waals surface area contributed by atoms with E-state index in [1.54, 1.807) is 11.3 Å². The first-order valence-corrected chi connectivity index (χ1v) is 11.4. The van der Waals surface area contributed by atoms with Crippen molar-refractivity contribution in [2.45, 2.75) is 6.61 Å². The molecular weight excluding hydrogens is 404 g/mol. The predicted octanol–water partition coefficient (Wildman–Crippen LogP) is 3.34. The van der Waals surface area contributed by atoms with Gasteiger partial charge in [-0.2, -0.15) is 0 Å². The number of nitrogens with one attached hydrogen (secondary N) is 1. The van der Waals surface area contributed by atoms with Gasteiger partial charge in [0, 0.05) is 50.3 Å². The average molecular weight is 429 g/mol. The number of hydrogen-bond donors (Lipinski definition) is 1. The van der Waals surface area contributed by atoms with Crippen molar-refractivity contribution in [3.8, 4) is 5.75 Å². The van der Waals surface area contributed by atoms with E-state index in [1.807, 2.05) is 41.9 Å². The molecule has 0 aromatic carbocycles. The first-order chi connectivity index (χ1) is 14.3. The Hall–Kier alpha value is -2.42. The van der Waals surface area contributed by atoms with Gasteiger partial charge in [0.05, 0.1) is 4.88 Å². The Bertz CT molecular complexity index is 891. The Morgan fingerprint density at radius 1 is 1.07 bits per heavy atom. The number of thiophene rings is 2. The second-order valence-electron chi connectivity index (χ2n) is 6.76. The van der Waals surface area contributed by atoms with Gasteiger partial charge >= 0.3 is 0 Å². The summed E-state index contributed by atoms with van der Waals surface area (Å²) in [5.74, 6) is 1.76. The van der Waals surface area contributed by atoms with Crippen molar-refractivity contribution >= 4 is 34.4 Å². The first kappa shape index (κ1) is 19.9. The fraction of sp³-hybridized carbons (Fsp3) is 0.333. The van der Waals surface area contributed by atoms with Crippen LogP contribution in [0.4, 0.5) is 5.82 Å². The zero-order chi connectivity index (χ0) is 19.9. The highest BCUT2D eigenvalue weighted by Gasteiger charge is 2.21. The van der Waals surface area contributed by atoms with Crippen molar-refractivity contribution in [2.75, 3.05) is 44.2 Å². The second-order valence-corrected chi connectivity index (χ2v) is 8.74. The van der Waals surface area contributed by atoms with Crippen LogP contribution >= 0.6 is 22.7 Å². The molecule has 3 aromatic heterocycles. The fourth-order valence-corrected chi connectivity index (χ4v) is 4.54. The Kier molecular flexibility index (Phi) is 6.76. The van der Waals surface area contributed by atoms with Crippen molar-refractivity contribution in [2.24, 2.45) is 0 Å². The molecule has 1 saturated heterocycles. The Balaban J connectivity index is 1.24. The van der Waals surface area contributed by atoms with Gasteiger partial charge < -0.3 is 15.0 Å². The molecule has 0 bridgehead atoms. The number of ether oxygens (including phenoxy) is 1. The molecule has 0 unspecified atom stereocenters. The highest BCUT2D eigenvalue weighted by Crippen LogP contribution is 2.27. The van der Waals surface area contributed by atoms with Crippen molar-refractivity contribution < 1.29 is 9.53 Å². The zero-order valence-electron chi connectivity index (χ0n) is 16.1. The van der Waals surface area contributed by atoms with E-state index in [0.717, 1.165) is 49.2 Å². The van der Waals surface area contributed by atoms with Crippen LogP contribution in [0.25, 0.3) is 0 Å². The molecule has 152 valence electrons. The minimum absolute atomic E-state index is 0.0136. The van der Waals surface area contributed by atoms with Crippen LogP contribution in [0, 0.1) is 0 Å². The predicted molar refractivity (Wildman–Crippen MR) is 118 cm³/mol. The first-order valence-electron chi connectivity index (χ1n) is 9.69. The van der Waals surface area contributed by atoms with Crippen LogP contribution < -0.4 is 15.0 Å². The minimum Gasteiger partial charge on any atom is -0.484 e. The van der Waals surface area contributed by atoms with Gasteiger partial charge in [0.25, 0.3) is 5.91 Å². The highest BCUT2D eigenvalue weighted by molar-refractivity contribution is 7.12. The summed E-state index contributed by atoms with van der Waals surface area (Å²) >= 11 is 3.17. The summed E-state index contributed by atoms with van der Waals surface area (Å²) in [5.41, 5.74) is 0. The van der Waals surface area contributed by atoms with E-state index in [4.69, 9.17) is 4.74 Å². The van der Waals surface area contributed by atoms with Crippen molar-refractivity contribution in [1.29, 1.82) is 0 Å². The Labute approximate surface area is 178 Å². The van der Waals surface area contributed by atoms with E-state index in [-0.39, 0.29) is 5.91 Å². The Morgan fingerprint density at radius 3 is 2.66 bits per heavy atom. The minimum atomic E-state index is 0.0136. The van der Waals surface area contributed by atoms with E-state index in [0.29, 0.717) is 13.2 Å². The molecule has 1 aliphatic heterocycles. The van der Waals surface area contributed by atoms with Crippen LogP contribution in [0.3, 0.4) is 0 Å². The van der Waals surface area contributed by atoms with Crippen LogP contribution in [0.2, 0.25) is 0 Å². The van der Waals surface area contributed by atoms with Gasteiger partial charge in [0.1, 0.15) is 6.61 Å². The maximum atomic E-state index is 12.0. The molecule has 1 aliphatic rings. The van der Waals surface area contributed by atoms with Gasteiger partial charge in [-0.15, -0.1) is 22.7 Å². The third-order valence-corrected chi connectivity index (χ3v) is 6.55. The quantitative estimate of drug-likeness (QED) is 0.596. The van der Waals surface area contributed by atoms with Gasteiger partial charge in [0.15, 0.2) is 11.6 Å². The van der Waals surface area contributed by atoms with E-state index in [2.05, 4.69) is 31.5 Å². The average Bonchev–Trinajstić information content (AvgIpc) is 3.47. The summed E-state index contributed by atoms with van der Waals surface area (Å²) in [7, 11) is 0. The monoisotopic (exact) mass is 428 g/mol. The SMILES string of the molecule is O=C(NCCN1CCN(c2ncccc2OCc2cccs2)CC1)c1cccs1. The van der Waals surface area contributed by atoms with E-state index < -0.39 is 0 Å². The van der Waals surface area contributed by atoms with Crippen LogP contribution in [-0.4, -0.2) is 55.1 Å². The molecule has 1 N–H and O–H groups in total. The van der Waals surface area contributed by atoms with Crippen molar-refractivity contribution in [1.82, 2.24) is 15.2 Å². The summed E-state index contributed by atoms with van der Waals surface area (Å²) in [4.78, 5) is 23.2. The van der Waals surface area contributed by atoms with Crippen molar-refractivity contribution in [3.05, 3.63) is 63.1 Å². The summed E-state index contributed by atoms with van der Waals surface area (Å²) in [5, 5.41) is 6.98. The number of carbonyl (C=O) groups is 1. The second kappa shape index (κ2) is 9.87. The van der Waals surface area contributed by atoms with Crippen LogP contribution in [0.15, 0.2) is 53.4 Å². The van der Waals surface area contributed by atoms with E-state index in [9.17, 15) is 4.79 Å². The normalized spacial score (nSPS) is 14.7. The topological polar surface area (TPSA) is 57.7 Å². The number of amides is 1. The molecule has 29 heavy (non-hydrogen) atoms. The molecule has 6 nitrogen and oxygen atoms in total. The molecule has 0 radical (unpaired) electrons. The van der Waals surface area contributed by atoms with E-state index >= 15 is 0 Å². The molecular formula is C21H24N4O2S2. The maximum Gasteiger partial charge on any atom is 0.261 e. The summed E-state index contributed by atoms with van der Waals surface area (Å²) in [6, 6.07) is 11.8. The number of rotatable bonds is 8. The number of piperazine rings is 1. The largest absolute Gasteiger partial charge is 0.484 e. The Morgan fingerprint density at radius 2 is 1.90 bits per heavy atom. The molecule has 0 spiro atoms. The molecule has 4 heterocycles. The number of carbonyl (C=O) groups excluding carboxylic acids is 1. The molecule has 3 aromatic rings. The number of nitrogens with zero attached hydrogens (tertiary/aromatic N) is 3. The molecule has 0 aliphatic carbocycles. The number of hydrogen-bond acceptors (Lipinski definition) is 7. The smallest absolute Gasteiger partial charge is 0.261 e. The van der Waals surface area contributed by atoms with Gasteiger partial charge in [-0.1, -0.05) is 12.1 Å². The highest BCUT2D eigenvalue weighted by atomic mass is 32.1. The van der Waals surface area contributed by atoms with Crippen LogP contribution in [0.5, 0.6) is 5.75 Å². The standard InChI is InChI=1S/C21H24N4O2S2/c26-21(19-6-3-15-29-19)23-8-9-24-10-12-25(13-11-24)20-18(5-1-7-22-20)27-16-17-4-2-14-28-17/h1-7,14-15H,8-13,16H2,(H,23,26). The summed E-state index contributed by atoms with van der Waals surface area (Å²) in [6.07, 6.45) is 1.82.